The first-order chi connectivity index (χ1) is 8.99. The van der Waals surface area contributed by atoms with Crippen LogP contribution in [0, 0.1) is 13.8 Å². The number of aryl methyl sites for hydroxylation is 2. The van der Waals surface area contributed by atoms with Gasteiger partial charge in [0.2, 0.25) is 0 Å². The molecule has 0 aliphatic rings. The third-order valence-corrected chi connectivity index (χ3v) is 3.06. The Labute approximate surface area is 113 Å². The molecule has 19 heavy (non-hydrogen) atoms. The van der Waals surface area contributed by atoms with Crippen LogP contribution in [0.15, 0.2) is 24.5 Å². The standard InChI is InChI=1S/C14H19N5/c1-9-5-6-11(7-10(9)2)18-13-12(15)14(19(3)4)17-8-16-13/h5-8H,15H2,1-4H3,(H,16,17,18). The van der Waals surface area contributed by atoms with Crippen LogP contribution in [0.2, 0.25) is 0 Å². The summed E-state index contributed by atoms with van der Waals surface area (Å²) < 4.78 is 0. The van der Waals surface area contributed by atoms with Crippen LogP contribution in [0.3, 0.4) is 0 Å². The van der Waals surface area contributed by atoms with Gasteiger partial charge in [0.25, 0.3) is 0 Å². The molecule has 0 aliphatic heterocycles. The summed E-state index contributed by atoms with van der Waals surface area (Å²) in [5, 5.41) is 3.23. The number of benzene rings is 1. The van der Waals surface area contributed by atoms with E-state index in [4.69, 9.17) is 5.73 Å². The highest BCUT2D eigenvalue weighted by molar-refractivity contribution is 5.78. The molecule has 1 heterocycles. The topological polar surface area (TPSA) is 67.1 Å². The van der Waals surface area contributed by atoms with Crippen molar-refractivity contribution in [3.63, 3.8) is 0 Å². The second-order valence-electron chi connectivity index (χ2n) is 4.78. The van der Waals surface area contributed by atoms with Gasteiger partial charge in [0.15, 0.2) is 11.6 Å². The van der Waals surface area contributed by atoms with Gasteiger partial charge < -0.3 is 16.0 Å². The molecule has 0 atom stereocenters. The van der Waals surface area contributed by atoms with Crippen LogP contribution in [0.5, 0.6) is 0 Å². The third-order valence-electron chi connectivity index (χ3n) is 3.06. The van der Waals surface area contributed by atoms with Gasteiger partial charge in [-0.3, -0.25) is 0 Å². The number of hydrogen-bond donors (Lipinski definition) is 2. The summed E-state index contributed by atoms with van der Waals surface area (Å²) in [5.41, 5.74) is 10.1. The van der Waals surface area contributed by atoms with Crippen LogP contribution < -0.4 is 16.0 Å². The SMILES string of the molecule is Cc1ccc(Nc2ncnc(N(C)C)c2N)cc1C. The minimum atomic E-state index is 0.547. The number of rotatable bonds is 3. The lowest BCUT2D eigenvalue weighted by molar-refractivity contribution is 1.04. The summed E-state index contributed by atoms with van der Waals surface area (Å²) in [4.78, 5) is 10.2. The lowest BCUT2D eigenvalue weighted by atomic mass is 10.1. The van der Waals surface area contributed by atoms with E-state index in [1.54, 1.807) is 0 Å². The van der Waals surface area contributed by atoms with Crippen LogP contribution in [0.1, 0.15) is 11.1 Å². The zero-order chi connectivity index (χ0) is 14.0. The van der Waals surface area contributed by atoms with E-state index in [1.165, 1.54) is 17.5 Å². The Morgan fingerprint density at radius 2 is 1.84 bits per heavy atom. The van der Waals surface area contributed by atoms with Gasteiger partial charge in [0, 0.05) is 19.8 Å². The second-order valence-corrected chi connectivity index (χ2v) is 4.78. The van der Waals surface area contributed by atoms with Crippen LogP contribution >= 0.6 is 0 Å². The summed E-state index contributed by atoms with van der Waals surface area (Å²) in [6.07, 6.45) is 1.51. The molecule has 1 aromatic heterocycles. The Morgan fingerprint density at radius 3 is 2.47 bits per heavy atom. The monoisotopic (exact) mass is 257 g/mol. The Morgan fingerprint density at radius 1 is 1.11 bits per heavy atom. The van der Waals surface area contributed by atoms with Crippen molar-refractivity contribution >= 4 is 23.0 Å². The molecule has 0 bridgehead atoms. The maximum absolute atomic E-state index is 6.07. The van der Waals surface area contributed by atoms with E-state index in [2.05, 4.69) is 41.3 Å². The van der Waals surface area contributed by atoms with Crippen molar-refractivity contribution in [3.8, 4) is 0 Å². The van der Waals surface area contributed by atoms with Crippen LogP contribution in [0.25, 0.3) is 0 Å². The molecule has 0 radical (unpaired) electrons. The first-order valence-electron chi connectivity index (χ1n) is 6.11. The Kier molecular flexibility index (Phi) is 3.55. The first-order valence-corrected chi connectivity index (χ1v) is 6.11. The molecule has 3 N–H and O–H groups in total. The Bertz CT molecular complexity index is 592. The average Bonchev–Trinajstić information content (AvgIpc) is 2.36. The van der Waals surface area contributed by atoms with E-state index in [0.717, 1.165) is 5.69 Å². The van der Waals surface area contributed by atoms with Crippen LogP contribution in [-0.2, 0) is 0 Å². The molecule has 100 valence electrons. The highest BCUT2D eigenvalue weighted by Crippen LogP contribution is 2.27. The molecule has 1 aromatic carbocycles. The van der Waals surface area contributed by atoms with Gasteiger partial charge in [-0.05, 0) is 37.1 Å². The maximum atomic E-state index is 6.07. The van der Waals surface area contributed by atoms with Gasteiger partial charge >= 0.3 is 0 Å². The number of nitrogens with one attached hydrogen (secondary N) is 1. The lowest BCUT2D eigenvalue weighted by Gasteiger charge is -2.16. The molecule has 2 aromatic rings. The fourth-order valence-electron chi connectivity index (χ4n) is 1.80. The molecular weight excluding hydrogens is 238 g/mol. The van der Waals surface area contributed by atoms with E-state index < -0.39 is 0 Å². The number of nitrogens with two attached hydrogens (primary N) is 1. The number of nitrogens with zero attached hydrogens (tertiary/aromatic N) is 3. The minimum absolute atomic E-state index is 0.547. The van der Waals surface area contributed by atoms with Crippen molar-refractivity contribution in [1.29, 1.82) is 0 Å². The molecule has 0 fully saturated rings. The van der Waals surface area contributed by atoms with Crippen LogP contribution in [0.4, 0.5) is 23.0 Å². The van der Waals surface area contributed by atoms with E-state index in [9.17, 15) is 0 Å². The second kappa shape index (κ2) is 5.14. The lowest BCUT2D eigenvalue weighted by Crippen LogP contribution is -2.14. The van der Waals surface area contributed by atoms with Crippen molar-refractivity contribution < 1.29 is 0 Å². The fourth-order valence-corrected chi connectivity index (χ4v) is 1.80. The summed E-state index contributed by atoms with van der Waals surface area (Å²) in [5.74, 6) is 1.34. The minimum Gasteiger partial charge on any atom is -0.393 e. The molecule has 5 nitrogen and oxygen atoms in total. The number of hydrogen-bond acceptors (Lipinski definition) is 5. The van der Waals surface area contributed by atoms with Gasteiger partial charge in [-0.1, -0.05) is 6.07 Å². The van der Waals surface area contributed by atoms with E-state index in [-0.39, 0.29) is 0 Å². The first kappa shape index (κ1) is 13.1. The van der Waals surface area contributed by atoms with Gasteiger partial charge in [0.1, 0.15) is 12.0 Å². The molecule has 0 unspecified atom stereocenters. The van der Waals surface area contributed by atoms with Gasteiger partial charge in [-0.25, -0.2) is 9.97 Å². The zero-order valence-corrected chi connectivity index (χ0v) is 11.7. The number of aromatic nitrogens is 2. The van der Waals surface area contributed by atoms with Crippen molar-refractivity contribution in [1.82, 2.24) is 9.97 Å². The number of anilines is 4. The predicted octanol–water partition coefficient (Wildman–Crippen LogP) is 2.49. The number of nitrogen functional groups attached to an aromatic ring is 1. The van der Waals surface area contributed by atoms with Crippen LogP contribution in [-0.4, -0.2) is 24.1 Å². The Balaban J connectivity index is 2.33. The van der Waals surface area contributed by atoms with Crippen molar-refractivity contribution in [2.24, 2.45) is 0 Å². The summed E-state index contributed by atoms with van der Waals surface area (Å²) in [6, 6.07) is 6.16. The van der Waals surface area contributed by atoms with Gasteiger partial charge in [0.05, 0.1) is 0 Å². The highest BCUT2D eigenvalue weighted by atomic mass is 15.2. The van der Waals surface area contributed by atoms with Crippen molar-refractivity contribution in [2.75, 3.05) is 30.0 Å². The molecule has 0 aliphatic carbocycles. The summed E-state index contributed by atoms with van der Waals surface area (Å²) in [6.45, 7) is 4.16. The van der Waals surface area contributed by atoms with Gasteiger partial charge in [-0.2, -0.15) is 0 Å². The summed E-state index contributed by atoms with van der Waals surface area (Å²) in [7, 11) is 3.80. The van der Waals surface area contributed by atoms with Gasteiger partial charge in [-0.15, -0.1) is 0 Å². The maximum Gasteiger partial charge on any atom is 0.159 e. The molecule has 0 saturated carbocycles. The summed E-state index contributed by atoms with van der Waals surface area (Å²) >= 11 is 0. The molecule has 5 heteroatoms. The molecular formula is C14H19N5. The van der Waals surface area contributed by atoms with Crippen molar-refractivity contribution in [2.45, 2.75) is 13.8 Å². The Hall–Kier alpha value is -2.30. The predicted molar refractivity (Wildman–Crippen MR) is 80.0 cm³/mol. The quantitative estimate of drug-likeness (QED) is 0.884. The average molecular weight is 257 g/mol. The normalized spacial score (nSPS) is 10.3. The van der Waals surface area contributed by atoms with E-state index in [0.29, 0.717) is 17.3 Å². The molecule has 0 amide bonds. The molecule has 2 rings (SSSR count). The van der Waals surface area contributed by atoms with E-state index >= 15 is 0 Å². The van der Waals surface area contributed by atoms with Crippen molar-refractivity contribution in [3.05, 3.63) is 35.7 Å². The third kappa shape index (κ3) is 2.76. The molecule has 0 saturated heterocycles. The zero-order valence-electron chi connectivity index (χ0n) is 11.7. The molecule has 0 spiro atoms. The largest absolute Gasteiger partial charge is 0.393 e. The van der Waals surface area contributed by atoms with E-state index in [1.807, 2.05) is 25.1 Å². The smallest absolute Gasteiger partial charge is 0.159 e. The fraction of sp³-hybridized carbons (Fsp3) is 0.286. The highest BCUT2D eigenvalue weighted by Gasteiger charge is 2.09.